The van der Waals surface area contributed by atoms with Gasteiger partial charge in [0, 0.05) is 25.5 Å². The second-order valence-electron chi connectivity index (χ2n) is 7.36. The number of primary amides is 1. The van der Waals surface area contributed by atoms with Crippen molar-refractivity contribution in [3.63, 3.8) is 0 Å². The SMILES string of the molecule is CC(Sc1nnc(CCC(N)=O)n1CC1CCCO1)C(=O)NC1CCCC1. The van der Waals surface area contributed by atoms with Crippen molar-refractivity contribution >= 4 is 23.6 Å². The summed E-state index contributed by atoms with van der Waals surface area (Å²) in [5, 5.41) is 12.1. The monoisotopic (exact) mass is 395 g/mol. The zero-order valence-electron chi connectivity index (χ0n) is 15.9. The standard InChI is InChI=1S/C18H29N5O3S/c1-12(17(25)20-13-5-2-3-6-13)27-18-22-21-16(9-8-15(19)24)23(18)11-14-7-4-10-26-14/h12-14H,2-11H2,1H3,(H2,19,24)(H,20,25). The van der Waals surface area contributed by atoms with Gasteiger partial charge in [0.25, 0.3) is 0 Å². The quantitative estimate of drug-likeness (QED) is 0.612. The minimum atomic E-state index is -0.361. The predicted octanol–water partition coefficient (Wildman–Crippen LogP) is 1.41. The number of aromatic nitrogens is 3. The summed E-state index contributed by atoms with van der Waals surface area (Å²) in [4.78, 5) is 23.7. The van der Waals surface area contributed by atoms with Gasteiger partial charge in [-0.2, -0.15) is 0 Å². The van der Waals surface area contributed by atoms with E-state index in [0.717, 1.165) is 38.1 Å². The van der Waals surface area contributed by atoms with Crippen molar-refractivity contribution in [2.45, 2.75) is 87.4 Å². The van der Waals surface area contributed by atoms with Crippen LogP contribution >= 0.6 is 11.8 Å². The Bertz CT molecular complexity index is 653. The summed E-state index contributed by atoms with van der Waals surface area (Å²) in [5.74, 6) is 0.396. The summed E-state index contributed by atoms with van der Waals surface area (Å²) in [5.41, 5.74) is 5.28. The smallest absolute Gasteiger partial charge is 0.233 e. The van der Waals surface area contributed by atoms with Crippen molar-refractivity contribution in [1.29, 1.82) is 0 Å². The van der Waals surface area contributed by atoms with Gasteiger partial charge in [-0.1, -0.05) is 24.6 Å². The number of hydrogen-bond acceptors (Lipinski definition) is 6. The molecule has 3 rings (SSSR count). The minimum absolute atomic E-state index is 0.0391. The number of carbonyl (C=O) groups excluding carboxylic acids is 2. The molecule has 1 aliphatic carbocycles. The molecule has 0 aromatic carbocycles. The van der Waals surface area contributed by atoms with Crippen LogP contribution in [0.4, 0.5) is 0 Å². The van der Waals surface area contributed by atoms with E-state index in [4.69, 9.17) is 10.5 Å². The molecule has 2 heterocycles. The summed E-state index contributed by atoms with van der Waals surface area (Å²) in [6.45, 7) is 3.30. The van der Waals surface area contributed by atoms with E-state index in [0.29, 0.717) is 24.2 Å². The number of hydrogen-bond donors (Lipinski definition) is 2. The number of aryl methyl sites for hydroxylation is 1. The highest BCUT2D eigenvalue weighted by Gasteiger charge is 2.25. The number of nitrogens with zero attached hydrogens (tertiary/aromatic N) is 3. The molecule has 1 aliphatic heterocycles. The molecular weight excluding hydrogens is 366 g/mol. The van der Waals surface area contributed by atoms with E-state index < -0.39 is 0 Å². The topological polar surface area (TPSA) is 112 Å². The van der Waals surface area contributed by atoms with Crippen molar-refractivity contribution in [3.8, 4) is 0 Å². The molecule has 0 spiro atoms. The van der Waals surface area contributed by atoms with Crippen molar-refractivity contribution < 1.29 is 14.3 Å². The Morgan fingerprint density at radius 1 is 1.30 bits per heavy atom. The third-order valence-corrected chi connectivity index (χ3v) is 6.23. The first kappa shape index (κ1) is 20.1. The number of nitrogens with two attached hydrogens (primary N) is 1. The molecule has 2 unspecified atom stereocenters. The number of amides is 2. The predicted molar refractivity (Wildman–Crippen MR) is 102 cm³/mol. The van der Waals surface area contributed by atoms with Crippen molar-refractivity contribution in [2.75, 3.05) is 6.61 Å². The molecule has 2 amide bonds. The van der Waals surface area contributed by atoms with Gasteiger partial charge in [0.15, 0.2) is 5.16 Å². The fourth-order valence-electron chi connectivity index (χ4n) is 3.60. The maximum absolute atomic E-state index is 12.5. The van der Waals surface area contributed by atoms with Gasteiger partial charge in [0.2, 0.25) is 11.8 Å². The van der Waals surface area contributed by atoms with Gasteiger partial charge in [0.1, 0.15) is 5.82 Å². The summed E-state index contributed by atoms with van der Waals surface area (Å²) in [7, 11) is 0. The summed E-state index contributed by atoms with van der Waals surface area (Å²) in [6.07, 6.45) is 7.34. The highest BCUT2D eigenvalue weighted by Crippen LogP contribution is 2.26. The Kier molecular flexibility index (Phi) is 7.12. The zero-order valence-corrected chi connectivity index (χ0v) is 16.7. The van der Waals surface area contributed by atoms with Crippen LogP contribution < -0.4 is 11.1 Å². The van der Waals surface area contributed by atoms with E-state index in [2.05, 4.69) is 15.5 Å². The molecule has 9 heteroatoms. The van der Waals surface area contributed by atoms with Gasteiger partial charge in [-0.25, -0.2) is 0 Å². The number of carbonyl (C=O) groups is 2. The summed E-state index contributed by atoms with van der Waals surface area (Å²) >= 11 is 1.41. The first-order valence-electron chi connectivity index (χ1n) is 9.82. The van der Waals surface area contributed by atoms with Crippen molar-refractivity contribution in [1.82, 2.24) is 20.1 Å². The van der Waals surface area contributed by atoms with E-state index in [1.54, 1.807) is 0 Å². The van der Waals surface area contributed by atoms with Crippen molar-refractivity contribution in [2.24, 2.45) is 5.73 Å². The largest absolute Gasteiger partial charge is 0.376 e. The highest BCUT2D eigenvalue weighted by atomic mass is 32.2. The van der Waals surface area contributed by atoms with Gasteiger partial charge in [-0.05, 0) is 32.6 Å². The molecule has 150 valence electrons. The second kappa shape index (κ2) is 9.54. The molecule has 2 aliphatic rings. The van der Waals surface area contributed by atoms with Crippen LogP contribution in [0.3, 0.4) is 0 Å². The minimum Gasteiger partial charge on any atom is -0.376 e. The van der Waals surface area contributed by atoms with Crippen molar-refractivity contribution in [3.05, 3.63) is 5.82 Å². The molecule has 1 aromatic rings. The number of nitrogens with one attached hydrogen (secondary N) is 1. The zero-order chi connectivity index (χ0) is 19.2. The first-order valence-corrected chi connectivity index (χ1v) is 10.7. The van der Waals surface area contributed by atoms with Crippen LogP contribution in [0.15, 0.2) is 5.16 Å². The lowest BCUT2D eigenvalue weighted by Crippen LogP contribution is -2.37. The van der Waals surface area contributed by atoms with Crippen LogP contribution in [-0.2, 0) is 27.3 Å². The molecule has 1 aromatic heterocycles. The second-order valence-corrected chi connectivity index (χ2v) is 8.67. The third kappa shape index (κ3) is 5.68. The lowest BCUT2D eigenvalue weighted by molar-refractivity contribution is -0.121. The summed E-state index contributed by atoms with van der Waals surface area (Å²) < 4.78 is 7.74. The average molecular weight is 396 g/mol. The van der Waals surface area contributed by atoms with Gasteiger partial charge >= 0.3 is 0 Å². The molecule has 0 radical (unpaired) electrons. The molecule has 8 nitrogen and oxygen atoms in total. The molecule has 3 N–H and O–H groups in total. The molecule has 27 heavy (non-hydrogen) atoms. The van der Waals surface area contributed by atoms with Gasteiger partial charge in [-0.15, -0.1) is 10.2 Å². The van der Waals surface area contributed by atoms with E-state index in [-0.39, 0.29) is 29.6 Å². The van der Waals surface area contributed by atoms with Crippen LogP contribution in [-0.4, -0.2) is 50.6 Å². The normalized spacial score (nSPS) is 21.4. The molecule has 2 fully saturated rings. The van der Waals surface area contributed by atoms with Crippen LogP contribution in [0.5, 0.6) is 0 Å². The Labute approximate surface area is 164 Å². The lowest BCUT2D eigenvalue weighted by Gasteiger charge is -2.18. The van der Waals surface area contributed by atoms with Gasteiger partial charge < -0.3 is 20.4 Å². The van der Waals surface area contributed by atoms with Gasteiger partial charge in [0.05, 0.1) is 17.9 Å². The molecule has 1 saturated carbocycles. The van der Waals surface area contributed by atoms with Crippen LogP contribution in [0.1, 0.15) is 57.7 Å². The number of rotatable bonds is 9. The maximum Gasteiger partial charge on any atom is 0.233 e. The number of ether oxygens (including phenoxy) is 1. The lowest BCUT2D eigenvalue weighted by atomic mass is 10.2. The van der Waals surface area contributed by atoms with Gasteiger partial charge in [-0.3, -0.25) is 9.59 Å². The fourth-order valence-corrected chi connectivity index (χ4v) is 4.49. The first-order chi connectivity index (χ1) is 13.0. The van der Waals surface area contributed by atoms with Crippen LogP contribution in [0.25, 0.3) is 0 Å². The molecule has 1 saturated heterocycles. The molecular formula is C18H29N5O3S. The molecule has 0 bridgehead atoms. The third-order valence-electron chi connectivity index (χ3n) is 5.15. The Balaban J connectivity index is 1.66. The fraction of sp³-hybridized carbons (Fsp3) is 0.778. The maximum atomic E-state index is 12.5. The van der Waals surface area contributed by atoms with E-state index >= 15 is 0 Å². The Hall–Kier alpha value is -1.61. The average Bonchev–Trinajstić information content (AvgIpc) is 3.37. The highest BCUT2D eigenvalue weighted by molar-refractivity contribution is 8.00. The van der Waals surface area contributed by atoms with Crippen LogP contribution in [0.2, 0.25) is 0 Å². The Morgan fingerprint density at radius 3 is 2.74 bits per heavy atom. The van der Waals surface area contributed by atoms with Crippen LogP contribution in [0, 0.1) is 0 Å². The van der Waals surface area contributed by atoms with E-state index in [9.17, 15) is 9.59 Å². The van der Waals surface area contributed by atoms with E-state index in [1.807, 2.05) is 11.5 Å². The number of thioether (sulfide) groups is 1. The summed E-state index contributed by atoms with van der Waals surface area (Å²) in [6, 6.07) is 0.302. The Morgan fingerprint density at radius 2 is 2.07 bits per heavy atom. The van der Waals surface area contributed by atoms with E-state index in [1.165, 1.54) is 24.6 Å². The molecule has 2 atom stereocenters.